The van der Waals surface area contributed by atoms with E-state index in [1.807, 2.05) is 0 Å². The van der Waals surface area contributed by atoms with Crippen molar-refractivity contribution in [2.24, 2.45) is 0 Å². The molecular weight excluding hydrogens is 184 g/mol. The van der Waals surface area contributed by atoms with Crippen molar-refractivity contribution in [1.29, 1.82) is 0 Å². The maximum atomic E-state index is 3.44. The summed E-state index contributed by atoms with van der Waals surface area (Å²) in [6.07, 6.45) is 0. The first-order valence-corrected chi connectivity index (χ1v) is 5.15. The quantitative estimate of drug-likeness (QED) is 0.574. The lowest BCUT2D eigenvalue weighted by Gasteiger charge is -1.91. The van der Waals surface area contributed by atoms with Gasteiger partial charge in [-0.2, -0.15) is 0 Å². The van der Waals surface area contributed by atoms with Gasteiger partial charge in [0.15, 0.2) is 5.69 Å². The van der Waals surface area contributed by atoms with Gasteiger partial charge in [0.05, 0.1) is 0 Å². The first-order chi connectivity index (χ1) is 7.25. The number of pyridine rings is 1. The van der Waals surface area contributed by atoms with Crippen LogP contribution in [0.4, 0.5) is 0 Å². The second-order valence-corrected chi connectivity index (χ2v) is 4.04. The van der Waals surface area contributed by atoms with Crippen molar-refractivity contribution in [2.75, 3.05) is 0 Å². The van der Waals surface area contributed by atoms with Crippen molar-refractivity contribution in [3.05, 3.63) is 41.7 Å². The Bertz CT molecular complexity index is 650. The normalized spacial score (nSPS) is 11.3. The zero-order valence-corrected chi connectivity index (χ0v) is 8.89. The number of aromatic amines is 2. The molecule has 2 heterocycles. The molecule has 0 aliphatic rings. The van der Waals surface area contributed by atoms with E-state index in [1.54, 1.807) is 0 Å². The Hall–Kier alpha value is -1.83. The van der Waals surface area contributed by atoms with Crippen LogP contribution in [0.5, 0.6) is 0 Å². The lowest BCUT2D eigenvalue weighted by molar-refractivity contribution is -0.394. The second-order valence-electron chi connectivity index (χ2n) is 4.04. The van der Waals surface area contributed by atoms with Gasteiger partial charge in [0.25, 0.3) is 0 Å². The number of hydrogen-bond acceptors (Lipinski definition) is 0. The van der Waals surface area contributed by atoms with Gasteiger partial charge in [0, 0.05) is 36.2 Å². The molecule has 2 N–H and O–H groups in total. The van der Waals surface area contributed by atoms with Crippen molar-refractivity contribution in [3.8, 4) is 0 Å². The number of para-hydroxylation sites is 1. The minimum Gasteiger partial charge on any atom is -0.349 e. The molecule has 3 aromatic rings. The molecule has 0 bridgehead atoms. The summed E-state index contributed by atoms with van der Waals surface area (Å²) in [7, 11) is 0. The van der Waals surface area contributed by atoms with Gasteiger partial charge < -0.3 is 4.98 Å². The molecule has 0 fully saturated rings. The predicted molar refractivity (Wildman–Crippen MR) is 61.8 cm³/mol. The molecule has 2 heteroatoms. The number of nitrogens with one attached hydrogen (secondary N) is 2. The molecule has 2 aromatic heterocycles. The average molecular weight is 197 g/mol. The van der Waals surface area contributed by atoms with Crippen LogP contribution in [-0.2, 0) is 0 Å². The second kappa shape index (κ2) is 2.83. The Morgan fingerprint density at radius 3 is 2.73 bits per heavy atom. The van der Waals surface area contributed by atoms with Crippen LogP contribution in [0, 0.1) is 13.8 Å². The maximum Gasteiger partial charge on any atom is 0.201 e. The highest BCUT2D eigenvalue weighted by molar-refractivity contribution is 6.07. The monoisotopic (exact) mass is 197 g/mol. The van der Waals surface area contributed by atoms with Crippen LogP contribution in [0.2, 0.25) is 0 Å². The Balaban J connectivity index is 2.61. The molecule has 0 unspecified atom stereocenters. The van der Waals surface area contributed by atoms with E-state index in [-0.39, 0.29) is 0 Å². The molecule has 0 radical (unpaired) electrons. The summed E-state index contributed by atoms with van der Waals surface area (Å²) >= 11 is 0. The van der Waals surface area contributed by atoms with Gasteiger partial charge in [-0.05, 0) is 6.07 Å². The van der Waals surface area contributed by atoms with Crippen molar-refractivity contribution in [2.45, 2.75) is 13.8 Å². The Morgan fingerprint density at radius 1 is 1.07 bits per heavy atom. The zero-order valence-electron chi connectivity index (χ0n) is 8.89. The largest absolute Gasteiger partial charge is 0.349 e. The van der Waals surface area contributed by atoms with Gasteiger partial charge in [-0.25, -0.2) is 4.98 Å². The van der Waals surface area contributed by atoms with Crippen LogP contribution in [0.3, 0.4) is 0 Å². The van der Waals surface area contributed by atoms with Crippen LogP contribution in [0.25, 0.3) is 21.8 Å². The van der Waals surface area contributed by atoms with Gasteiger partial charge in [0.1, 0.15) is 5.52 Å². The summed E-state index contributed by atoms with van der Waals surface area (Å²) < 4.78 is 0. The van der Waals surface area contributed by atoms with E-state index in [0.29, 0.717) is 0 Å². The third kappa shape index (κ3) is 1.14. The average Bonchev–Trinajstić information content (AvgIpc) is 2.57. The lowest BCUT2D eigenvalue weighted by Crippen LogP contribution is -2.11. The third-order valence-corrected chi connectivity index (χ3v) is 2.87. The molecule has 1 aromatic carbocycles. The maximum absolute atomic E-state index is 3.44. The van der Waals surface area contributed by atoms with Crippen molar-refractivity contribution < 1.29 is 4.98 Å². The molecule has 0 saturated carbocycles. The minimum atomic E-state index is 1.20. The number of benzene rings is 1. The van der Waals surface area contributed by atoms with Crippen LogP contribution in [-0.4, -0.2) is 4.98 Å². The molecule has 3 rings (SSSR count). The lowest BCUT2D eigenvalue weighted by atomic mass is 10.1. The smallest absolute Gasteiger partial charge is 0.201 e. The highest BCUT2D eigenvalue weighted by atomic mass is 14.8. The van der Waals surface area contributed by atoms with Crippen LogP contribution in [0.1, 0.15) is 11.4 Å². The number of aryl methyl sites for hydroxylation is 2. The van der Waals surface area contributed by atoms with Crippen molar-refractivity contribution in [3.63, 3.8) is 0 Å². The molecule has 0 saturated heterocycles. The van der Waals surface area contributed by atoms with Gasteiger partial charge in [-0.1, -0.05) is 18.2 Å². The third-order valence-electron chi connectivity index (χ3n) is 2.87. The summed E-state index contributed by atoms with van der Waals surface area (Å²) in [4.78, 5) is 6.79. The first-order valence-electron chi connectivity index (χ1n) is 5.15. The fraction of sp³-hybridized carbons (Fsp3) is 0.154. The Labute approximate surface area is 88.0 Å². The first kappa shape index (κ1) is 8.48. The number of fused-ring (bicyclic) bond motifs is 3. The van der Waals surface area contributed by atoms with E-state index in [9.17, 15) is 0 Å². The fourth-order valence-corrected chi connectivity index (χ4v) is 2.22. The molecule has 0 atom stereocenters. The summed E-state index contributed by atoms with van der Waals surface area (Å²) in [6, 6.07) is 10.6. The summed E-state index contributed by atoms with van der Waals surface area (Å²) in [5.41, 5.74) is 4.81. The molecule has 15 heavy (non-hydrogen) atoms. The molecular formula is C13H13N2+. The van der Waals surface area contributed by atoms with Crippen LogP contribution >= 0.6 is 0 Å². The summed E-state index contributed by atoms with van der Waals surface area (Å²) in [5, 5.41) is 2.60. The summed E-state index contributed by atoms with van der Waals surface area (Å²) in [6.45, 7) is 4.19. The van der Waals surface area contributed by atoms with Gasteiger partial charge in [-0.3, -0.25) is 0 Å². The van der Waals surface area contributed by atoms with E-state index in [4.69, 9.17) is 0 Å². The Morgan fingerprint density at radius 2 is 1.87 bits per heavy atom. The highest BCUT2D eigenvalue weighted by Gasteiger charge is 2.10. The van der Waals surface area contributed by atoms with E-state index in [2.05, 4.69) is 54.1 Å². The topological polar surface area (TPSA) is 29.9 Å². The number of aromatic nitrogens is 2. The van der Waals surface area contributed by atoms with E-state index in [0.717, 1.165) is 0 Å². The van der Waals surface area contributed by atoms with Gasteiger partial charge in [0.2, 0.25) is 5.69 Å². The number of H-pyrrole nitrogens is 2. The highest BCUT2D eigenvalue weighted by Crippen LogP contribution is 2.25. The minimum absolute atomic E-state index is 1.20. The SMILES string of the molecule is Cc1cc2c([nH]c3ccccc32)c(C)[nH+]1. The molecule has 74 valence electrons. The van der Waals surface area contributed by atoms with Crippen molar-refractivity contribution >= 4 is 21.8 Å². The molecule has 2 nitrogen and oxygen atoms in total. The molecule has 0 amide bonds. The zero-order chi connectivity index (χ0) is 10.4. The fourth-order valence-electron chi connectivity index (χ4n) is 2.22. The van der Waals surface area contributed by atoms with Crippen LogP contribution in [0.15, 0.2) is 30.3 Å². The van der Waals surface area contributed by atoms with Gasteiger partial charge >= 0.3 is 0 Å². The van der Waals surface area contributed by atoms with Crippen LogP contribution < -0.4 is 4.98 Å². The van der Waals surface area contributed by atoms with E-state index in [1.165, 1.54) is 33.2 Å². The molecule has 0 aliphatic carbocycles. The number of hydrogen-bond donors (Lipinski definition) is 1. The van der Waals surface area contributed by atoms with E-state index < -0.39 is 0 Å². The standard InChI is InChI=1S/C13H12N2/c1-8-7-11-10-5-3-4-6-12(10)15-13(11)9(2)14-8/h3-7,15H,1-2H3/p+1. The molecule has 0 spiro atoms. The number of rotatable bonds is 0. The molecule has 0 aliphatic heterocycles. The van der Waals surface area contributed by atoms with Crippen molar-refractivity contribution in [1.82, 2.24) is 4.98 Å². The van der Waals surface area contributed by atoms with E-state index >= 15 is 0 Å². The van der Waals surface area contributed by atoms with Gasteiger partial charge in [-0.15, -0.1) is 0 Å². The summed E-state index contributed by atoms with van der Waals surface area (Å²) in [5.74, 6) is 0. The Kier molecular flexibility index (Phi) is 1.60. The predicted octanol–water partition coefficient (Wildman–Crippen LogP) is 2.75.